The molecule has 0 saturated heterocycles. The summed E-state index contributed by atoms with van der Waals surface area (Å²) in [6.45, 7) is 4.19. The number of hydrogen-bond donors (Lipinski definition) is 2. The zero-order chi connectivity index (χ0) is 14.0. The molecule has 0 spiro atoms. The maximum absolute atomic E-state index is 12.1. The van der Waals surface area contributed by atoms with Crippen LogP contribution in [0.4, 0.5) is 0 Å². The molecule has 1 aliphatic carbocycles. The molecule has 2 rings (SSSR count). The van der Waals surface area contributed by atoms with Crippen molar-refractivity contribution in [3.8, 4) is 0 Å². The molecule has 2 N–H and O–H groups in total. The average molecular weight is 287 g/mol. The van der Waals surface area contributed by atoms with Gasteiger partial charge in [-0.15, -0.1) is 0 Å². The van der Waals surface area contributed by atoms with Crippen molar-refractivity contribution in [3.63, 3.8) is 0 Å². The first-order valence-electron chi connectivity index (χ1n) is 6.61. The number of aliphatic hydroxyl groups excluding tert-OH is 1. The molecule has 0 aromatic carbocycles. The molecular formula is C12H21N3O3S. The highest BCUT2D eigenvalue weighted by Crippen LogP contribution is 2.25. The molecule has 7 heteroatoms. The van der Waals surface area contributed by atoms with Gasteiger partial charge >= 0.3 is 0 Å². The van der Waals surface area contributed by atoms with Gasteiger partial charge in [0.05, 0.1) is 12.4 Å². The average Bonchev–Trinajstić information content (AvgIpc) is 2.95. The van der Waals surface area contributed by atoms with Gasteiger partial charge in [0, 0.05) is 18.8 Å². The number of sulfonamides is 1. The van der Waals surface area contributed by atoms with E-state index in [1.54, 1.807) is 4.57 Å². The number of nitrogens with one attached hydrogen (secondary N) is 1. The van der Waals surface area contributed by atoms with Gasteiger partial charge in [-0.3, -0.25) is 0 Å². The highest BCUT2D eigenvalue weighted by atomic mass is 32.2. The molecule has 19 heavy (non-hydrogen) atoms. The summed E-state index contributed by atoms with van der Waals surface area (Å²) in [5, 5.41) is 9.71. The smallest absolute Gasteiger partial charge is 0.259 e. The minimum absolute atomic E-state index is 0.0157. The van der Waals surface area contributed by atoms with Crippen LogP contribution in [0.25, 0.3) is 0 Å². The first-order chi connectivity index (χ1) is 8.90. The van der Waals surface area contributed by atoms with Crippen molar-refractivity contribution < 1.29 is 13.5 Å². The molecule has 1 aliphatic rings. The fraction of sp³-hybridized carbons (Fsp3) is 0.750. The van der Waals surface area contributed by atoms with Crippen LogP contribution in [0.15, 0.2) is 17.6 Å². The molecule has 0 radical (unpaired) electrons. The fourth-order valence-corrected chi connectivity index (χ4v) is 3.31. The lowest BCUT2D eigenvalue weighted by Crippen LogP contribution is -2.32. The van der Waals surface area contributed by atoms with E-state index < -0.39 is 16.1 Å². The van der Waals surface area contributed by atoms with E-state index >= 15 is 0 Å². The zero-order valence-corrected chi connectivity index (χ0v) is 12.1. The Labute approximate surface area is 113 Å². The lowest BCUT2D eigenvalue weighted by Gasteiger charge is -2.14. The Kier molecular flexibility index (Phi) is 4.27. The van der Waals surface area contributed by atoms with Crippen molar-refractivity contribution in [2.45, 2.75) is 50.3 Å². The van der Waals surface area contributed by atoms with Crippen LogP contribution in [0, 0.1) is 5.92 Å². The summed E-state index contributed by atoms with van der Waals surface area (Å²) in [5.74, 6) is 0.0157. The maximum atomic E-state index is 12.1. The van der Waals surface area contributed by atoms with Gasteiger partial charge in [-0.2, -0.15) is 0 Å². The summed E-state index contributed by atoms with van der Waals surface area (Å²) in [6.07, 6.45) is 5.23. The Morgan fingerprint density at radius 3 is 2.79 bits per heavy atom. The van der Waals surface area contributed by atoms with Gasteiger partial charge in [-0.05, 0) is 32.6 Å². The van der Waals surface area contributed by atoms with Gasteiger partial charge in [0.1, 0.15) is 0 Å². The van der Waals surface area contributed by atoms with E-state index in [2.05, 4.69) is 9.71 Å². The minimum Gasteiger partial charge on any atom is -0.393 e. The quantitative estimate of drug-likeness (QED) is 0.843. The van der Waals surface area contributed by atoms with Crippen molar-refractivity contribution in [3.05, 3.63) is 12.5 Å². The van der Waals surface area contributed by atoms with E-state index in [0.717, 1.165) is 19.3 Å². The van der Waals surface area contributed by atoms with Gasteiger partial charge in [-0.25, -0.2) is 18.1 Å². The number of nitrogens with zero attached hydrogens (tertiary/aromatic N) is 2. The highest BCUT2D eigenvalue weighted by Gasteiger charge is 2.27. The molecule has 2 unspecified atom stereocenters. The summed E-state index contributed by atoms with van der Waals surface area (Å²) in [4.78, 5) is 3.92. The van der Waals surface area contributed by atoms with E-state index in [9.17, 15) is 13.5 Å². The molecule has 108 valence electrons. The normalized spacial score (nSPS) is 24.2. The second kappa shape index (κ2) is 5.60. The third-order valence-electron chi connectivity index (χ3n) is 3.60. The van der Waals surface area contributed by atoms with Crippen molar-refractivity contribution in [1.82, 2.24) is 14.3 Å². The van der Waals surface area contributed by atoms with E-state index in [1.165, 1.54) is 12.5 Å². The molecule has 1 heterocycles. The largest absolute Gasteiger partial charge is 0.393 e. The Balaban J connectivity index is 2.01. The van der Waals surface area contributed by atoms with Gasteiger partial charge < -0.3 is 9.67 Å². The van der Waals surface area contributed by atoms with Gasteiger partial charge in [0.15, 0.2) is 5.03 Å². The maximum Gasteiger partial charge on any atom is 0.259 e. The highest BCUT2D eigenvalue weighted by molar-refractivity contribution is 7.89. The molecule has 6 nitrogen and oxygen atoms in total. The second-order valence-electron chi connectivity index (χ2n) is 5.36. The summed E-state index contributed by atoms with van der Waals surface area (Å²) in [6, 6.07) is 0.174. The molecule has 1 aromatic heterocycles. The van der Waals surface area contributed by atoms with Crippen molar-refractivity contribution in [2.75, 3.05) is 6.54 Å². The topological polar surface area (TPSA) is 84.2 Å². The number of imidazole rings is 1. The zero-order valence-electron chi connectivity index (χ0n) is 11.3. The molecule has 1 saturated carbocycles. The van der Waals surface area contributed by atoms with Crippen LogP contribution >= 0.6 is 0 Å². The molecule has 1 fully saturated rings. The molecular weight excluding hydrogens is 266 g/mol. The van der Waals surface area contributed by atoms with Gasteiger partial charge in [-0.1, -0.05) is 6.42 Å². The van der Waals surface area contributed by atoms with Crippen LogP contribution < -0.4 is 4.72 Å². The molecule has 0 amide bonds. The molecule has 0 bridgehead atoms. The predicted octanol–water partition coefficient (Wildman–Crippen LogP) is 0.903. The summed E-state index contributed by atoms with van der Waals surface area (Å²) in [7, 11) is -3.58. The lowest BCUT2D eigenvalue weighted by molar-refractivity contribution is 0.134. The van der Waals surface area contributed by atoms with Crippen LogP contribution in [-0.2, 0) is 10.0 Å². The minimum atomic E-state index is -3.58. The van der Waals surface area contributed by atoms with Crippen LogP contribution in [0.5, 0.6) is 0 Å². The van der Waals surface area contributed by atoms with Crippen molar-refractivity contribution >= 4 is 10.0 Å². The third-order valence-corrected chi connectivity index (χ3v) is 4.91. The van der Waals surface area contributed by atoms with E-state index in [1.807, 2.05) is 13.8 Å². The summed E-state index contributed by atoms with van der Waals surface area (Å²) < 4.78 is 28.4. The van der Waals surface area contributed by atoms with Gasteiger partial charge in [0.2, 0.25) is 0 Å². The standard InChI is InChI=1S/C12H21N3O3S/c1-9(2)15-7-12(13-8-15)19(17,18)14-6-10-4-3-5-11(10)16/h7-11,14,16H,3-6H2,1-2H3. The first kappa shape index (κ1) is 14.5. The van der Waals surface area contributed by atoms with E-state index in [-0.39, 0.29) is 23.5 Å². The lowest BCUT2D eigenvalue weighted by atomic mass is 10.1. The monoisotopic (exact) mass is 287 g/mol. The number of aliphatic hydroxyl groups is 1. The van der Waals surface area contributed by atoms with E-state index in [4.69, 9.17) is 0 Å². The van der Waals surface area contributed by atoms with Crippen molar-refractivity contribution in [2.24, 2.45) is 5.92 Å². The number of hydrogen-bond acceptors (Lipinski definition) is 4. The SMILES string of the molecule is CC(C)n1cnc(S(=O)(=O)NCC2CCCC2O)c1. The van der Waals surface area contributed by atoms with Gasteiger partial charge in [0.25, 0.3) is 10.0 Å². The molecule has 1 aromatic rings. The fourth-order valence-electron chi connectivity index (χ4n) is 2.28. The Morgan fingerprint density at radius 2 is 2.26 bits per heavy atom. The summed E-state index contributed by atoms with van der Waals surface area (Å²) in [5.41, 5.74) is 0. The van der Waals surface area contributed by atoms with Crippen LogP contribution in [0.2, 0.25) is 0 Å². The van der Waals surface area contributed by atoms with Crippen LogP contribution in [-0.4, -0.2) is 35.7 Å². The second-order valence-corrected chi connectivity index (χ2v) is 7.08. The summed E-state index contributed by atoms with van der Waals surface area (Å²) >= 11 is 0. The Morgan fingerprint density at radius 1 is 1.53 bits per heavy atom. The predicted molar refractivity (Wildman–Crippen MR) is 71.1 cm³/mol. The Bertz CT molecular complexity index is 524. The first-order valence-corrected chi connectivity index (χ1v) is 8.09. The number of rotatable bonds is 5. The van der Waals surface area contributed by atoms with Crippen LogP contribution in [0.3, 0.4) is 0 Å². The third kappa shape index (κ3) is 3.34. The van der Waals surface area contributed by atoms with E-state index in [0.29, 0.717) is 0 Å². The van der Waals surface area contributed by atoms with Crippen molar-refractivity contribution in [1.29, 1.82) is 0 Å². The van der Waals surface area contributed by atoms with Crippen LogP contribution in [0.1, 0.15) is 39.2 Å². The molecule has 0 aliphatic heterocycles. The number of aromatic nitrogens is 2. The molecule has 2 atom stereocenters. The Hall–Kier alpha value is -0.920.